The molecule has 0 saturated heterocycles. The van der Waals surface area contributed by atoms with E-state index in [0.29, 0.717) is 5.75 Å². The van der Waals surface area contributed by atoms with E-state index in [4.69, 9.17) is 4.74 Å². The Morgan fingerprint density at radius 3 is 2.58 bits per heavy atom. The predicted octanol–water partition coefficient (Wildman–Crippen LogP) is 2.08. The molecule has 0 aromatic heterocycles. The summed E-state index contributed by atoms with van der Waals surface area (Å²) in [6, 6.07) is 7.39. The molecule has 0 bridgehead atoms. The van der Waals surface area contributed by atoms with Crippen molar-refractivity contribution >= 4 is 5.97 Å². The lowest BCUT2D eigenvalue weighted by molar-refractivity contribution is -0.131. The van der Waals surface area contributed by atoms with E-state index in [0.717, 1.165) is 5.56 Å². The van der Waals surface area contributed by atoms with Gasteiger partial charge >= 0.3 is 5.97 Å². The van der Waals surface area contributed by atoms with Gasteiger partial charge in [0, 0.05) is 6.92 Å². The third-order valence-electron chi connectivity index (χ3n) is 1.25. The maximum Gasteiger partial charge on any atom is 0.308 e. The Bertz CT molecular complexity index is 271. The van der Waals surface area contributed by atoms with E-state index in [9.17, 15) is 4.79 Å². The number of hydrogen-bond acceptors (Lipinski definition) is 3. The molecule has 12 heavy (non-hydrogen) atoms. The zero-order chi connectivity index (χ0) is 8.27. The summed E-state index contributed by atoms with van der Waals surface area (Å²) in [7, 11) is 0. The fourth-order valence-corrected chi connectivity index (χ4v) is 0.845. The Balaban J connectivity index is 0.00000121. The lowest BCUT2D eigenvalue weighted by Gasteiger charge is -2.00. The van der Waals surface area contributed by atoms with E-state index < -0.39 is 0 Å². The summed E-state index contributed by atoms with van der Waals surface area (Å²) in [5.41, 5.74) is 1.09. The molecule has 1 aromatic carbocycles. The second-order valence-electron chi connectivity index (χ2n) is 2.41. The molecule has 3 heteroatoms. The third kappa shape index (κ3) is 3.16. The van der Waals surface area contributed by atoms with Gasteiger partial charge in [0.25, 0.3) is 0 Å². The smallest absolute Gasteiger partial charge is 0.308 e. The van der Waals surface area contributed by atoms with Crippen LogP contribution in [0.25, 0.3) is 0 Å². The average molecular weight is 167 g/mol. The Morgan fingerprint density at radius 2 is 2.08 bits per heavy atom. The topological polar surface area (TPSA) is 61.3 Å². The molecular weight excluding hydrogens is 154 g/mol. The van der Waals surface area contributed by atoms with E-state index in [1.807, 2.05) is 25.1 Å². The van der Waals surface area contributed by atoms with Crippen LogP contribution in [0.2, 0.25) is 0 Å². The summed E-state index contributed by atoms with van der Waals surface area (Å²) in [5.74, 6) is 0.327. The van der Waals surface area contributed by atoms with E-state index in [1.54, 1.807) is 6.07 Å². The molecule has 3 nitrogen and oxygen atoms in total. The summed E-state index contributed by atoms with van der Waals surface area (Å²) in [6.07, 6.45) is 0. The zero-order valence-electron chi connectivity index (χ0n) is 7.33. The molecular formula is C9H13NO2. The van der Waals surface area contributed by atoms with Crippen molar-refractivity contribution in [3.63, 3.8) is 0 Å². The summed E-state index contributed by atoms with van der Waals surface area (Å²) in [5, 5.41) is 0. The van der Waals surface area contributed by atoms with Gasteiger partial charge in [-0.3, -0.25) is 4.79 Å². The quantitative estimate of drug-likeness (QED) is 0.514. The molecule has 3 N–H and O–H groups in total. The van der Waals surface area contributed by atoms with Gasteiger partial charge in [0.15, 0.2) is 0 Å². The minimum Gasteiger partial charge on any atom is -0.427 e. The van der Waals surface area contributed by atoms with Gasteiger partial charge in [0.1, 0.15) is 5.75 Å². The molecule has 0 aliphatic heterocycles. The Kier molecular flexibility index (Phi) is 4.00. The van der Waals surface area contributed by atoms with Crippen LogP contribution >= 0.6 is 0 Å². The van der Waals surface area contributed by atoms with Crippen LogP contribution in [0.5, 0.6) is 5.75 Å². The number of ether oxygens (including phenoxy) is 1. The SMILES string of the molecule is CC(=O)Oc1cccc(C)c1.N. The van der Waals surface area contributed by atoms with Crippen molar-refractivity contribution in [1.82, 2.24) is 6.15 Å². The zero-order valence-corrected chi connectivity index (χ0v) is 7.33. The molecule has 1 rings (SSSR count). The van der Waals surface area contributed by atoms with Gasteiger partial charge in [-0.05, 0) is 24.6 Å². The van der Waals surface area contributed by atoms with E-state index in [2.05, 4.69) is 0 Å². The van der Waals surface area contributed by atoms with E-state index in [-0.39, 0.29) is 12.1 Å². The average Bonchev–Trinajstić information content (AvgIpc) is 1.85. The first-order valence-electron chi connectivity index (χ1n) is 3.43. The van der Waals surface area contributed by atoms with Crippen LogP contribution in [0.1, 0.15) is 12.5 Å². The van der Waals surface area contributed by atoms with Crippen molar-refractivity contribution < 1.29 is 9.53 Å². The number of esters is 1. The van der Waals surface area contributed by atoms with Crippen molar-refractivity contribution in [1.29, 1.82) is 0 Å². The summed E-state index contributed by atoms with van der Waals surface area (Å²) < 4.78 is 4.86. The lowest BCUT2D eigenvalue weighted by Crippen LogP contribution is -2.00. The van der Waals surface area contributed by atoms with Gasteiger partial charge in [-0.25, -0.2) is 0 Å². The molecule has 0 atom stereocenters. The Morgan fingerprint density at radius 1 is 1.42 bits per heavy atom. The molecule has 0 radical (unpaired) electrons. The molecule has 0 saturated carbocycles. The molecule has 0 aliphatic carbocycles. The predicted molar refractivity (Wildman–Crippen MR) is 47.5 cm³/mol. The van der Waals surface area contributed by atoms with Gasteiger partial charge in [-0.15, -0.1) is 0 Å². The first-order valence-corrected chi connectivity index (χ1v) is 3.43. The van der Waals surface area contributed by atoms with E-state index in [1.165, 1.54) is 6.92 Å². The van der Waals surface area contributed by atoms with Crippen molar-refractivity contribution in [2.75, 3.05) is 0 Å². The number of hydrogen-bond donors (Lipinski definition) is 1. The van der Waals surface area contributed by atoms with Crippen LogP contribution in [0.3, 0.4) is 0 Å². The Hall–Kier alpha value is -1.35. The van der Waals surface area contributed by atoms with Gasteiger partial charge in [-0.2, -0.15) is 0 Å². The largest absolute Gasteiger partial charge is 0.427 e. The van der Waals surface area contributed by atoms with Crippen LogP contribution in [0.4, 0.5) is 0 Å². The standard InChI is InChI=1S/C9H10O2.H3N/c1-7-4-3-5-9(6-7)11-8(2)10;/h3-6H,1-2H3;1H3. The fraction of sp³-hybridized carbons (Fsp3) is 0.222. The molecule has 0 spiro atoms. The van der Waals surface area contributed by atoms with Gasteiger partial charge in [0.05, 0.1) is 0 Å². The molecule has 0 fully saturated rings. The van der Waals surface area contributed by atoms with Crippen LogP contribution in [-0.4, -0.2) is 5.97 Å². The van der Waals surface area contributed by atoms with E-state index >= 15 is 0 Å². The highest BCUT2D eigenvalue weighted by atomic mass is 16.5. The number of benzene rings is 1. The normalized spacial score (nSPS) is 8.50. The van der Waals surface area contributed by atoms with Crippen molar-refractivity contribution in [2.45, 2.75) is 13.8 Å². The van der Waals surface area contributed by atoms with Crippen LogP contribution < -0.4 is 10.9 Å². The second-order valence-corrected chi connectivity index (χ2v) is 2.41. The van der Waals surface area contributed by atoms with Crippen LogP contribution in [0, 0.1) is 6.92 Å². The molecule has 0 aliphatic rings. The van der Waals surface area contributed by atoms with Crippen molar-refractivity contribution in [2.24, 2.45) is 0 Å². The highest BCUT2D eigenvalue weighted by Crippen LogP contribution is 2.11. The number of aryl methyl sites for hydroxylation is 1. The highest BCUT2D eigenvalue weighted by Gasteiger charge is 1.95. The Labute approximate surface area is 71.9 Å². The van der Waals surface area contributed by atoms with Gasteiger partial charge in [0.2, 0.25) is 0 Å². The maximum absolute atomic E-state index is 10.5. The van der Waals surface area contributed by atoms with Crippen molar-refractivity contribution in [3.8, 4) is 5.75 Å². The number of carbonyl (C=O) groups is 1. The van der Waals surface area contributed by atoms with Crippen LogP contribution in [-0.2, 0) is 4.79 Å². The molecule has 1 aromatic rings. The van der Waals surface area contributed by atoms with Gasteiger partial charge < -0.3 is 10.9 Å². The molecule has 66 valence electrons. The highest BCUT2D eigenvalue weighted by molar-refractivity contribution is 5.69. The first-order chi connectivity index (χ1) is 5.18. The molecule has 0 amide bonds. The molecule has 0 unspecified atom stereocenters. The first kappa shape index (κ1) is 10.7. The monoisotopic (exact) mass is 167 g/mol. The summed E-state index contributed by atoms with van der Waals surface area (Å²) >= 11 is 0. The summed E-state index contributed by atoms with van der Waals surface area (Å²) in [4.78, 5) is 10.5. The fourth-order valence-electron chi connectivity index (χ4n) is 0.845. The van der Waals surface area contributed by atoms with Gasteiger partial charge in [-0.1, -0.05) is 12.1 Å². The minimum absolute atomic E-state index is 0. The maximum atomic E-state index is 10.5. The van der Waals surface area contributed by atoms with Crippen molar-refractivity contribution in [3.05, 3.63) is 29.8 Å². The third-order valence-corrected chi connectivity index (χ3v) is 1.25. The number of carbonyl (C=O) groups excluding carboxylic acids is 1. The lowest BCUT2D eigenvalue weighted by atomic mass is 10.2. The van der Waals surface area contributed by atoms with Crippen LogP contribution in [0.15, 0.2) is 24.3 Å². The minimum atomic E-state index is -0.282. The summed E-state index contributed by atoms with van der Waals surface area (Å²) in [6.45, 7) is 3.34. The number of rotatable bonds is 1. The second kappa shape index (κ2) is 4.51. The molecule has 0 heterocycles.